The Labute approximate surface area is 230 Å². The molecule has 0 radical (unpaired) electrons. The molecule has 2 aromatic carbocycles. The van der Waals surface area contributed by atoms with Crippen LogP contribution in [0.1, 0.15) is 58.6 Å². The van der Waals surface area contributed by atoms with E-state index in [1.807, 2.05) is 37.3 Å². The van der Waals surface area contributed by atoms with Crippen molar-refractivity contribution in [2.75, 3.05) is 18.1 Å². The van der Waals surface area contributed by atoms with Crippen molar-refractivity contribution in [3.05, 3.63) is 70.2 Å². The molecule has 1 saturated heterocycles. The first-order valence-electron chi connectivity index (χ1n) is 12.3. The number of carbonyl (C=O) groups excluding carboxylic acids is 1. The van der Waals surface area contributed by atoms with Crippen LogP contribution in [-0.2, 0) is 24.2 Å². The molecule has 3 rings (SSSR count). The molecule has 1 N–H and O–H groups in total. The first kappa shape index (κ1) is 32.9. The maximum atomic E-state index is 13.0. The summed E-state index contributed by atoms with van der Waals surface area (Å²) in [6.45, 7) is 7.71. The van der Waals surface area contributed by atoms with Gasteiger partial charge in [0.25, 0.3) is 5.91 Å². The van der Waals surface area contributed by atoms with Crippen molar-refractivity contribution in [3.63, 3.8) is 0 Å². The highest BCUT2D eigenvalue weighted by Gasteiger charge is 2.42. The van der Waals surface area contributed by atoms with Gasteiger partial charge in [0.2, 0.25) is 0 Å². The Morgan fingerprint density at radius 3 is 2.00 bits per heavy atom. The van der Waals surface area contributed by atoms with Crippen molar-refractivity contribution < 1.29 is 27.9 Å². The van der Waals surface area contributed by atoms with E-state index >= 15 is 0 Å². The average Bonchev–Trinajstić information content (AvgIpc) is 2.86. The van der Waals surface area contributed by atoms with Gasteiger partial charge in [-0.2, -0.15) is 0 Å². The Morgan fingerprint density at radius 2 is 1.57 bits per heavy atom. The van der Waals surface area contributed by atoms with Gasteiger partial charge in [0.05, 0.1) is 24.8 Å². The molecule has 0 saturated carbocycles. The summed E-state index contributed by atoms with van der Waals surface area (Å²) in [4.78, 5) is 25.6. The largest absolute Gasteiger partial charge is 0.481 e. The summed E-state index contributed by atoms with van der Waals surface area (Å²) < 4.78 is 29.9. The standard InChI is InChI=1S/C18H24ClNO6S.C6H5Cl.C3H8/c1-3-14(11-27(24,25)4-2)20-15(12-5-7-13(19)8-6-12)10-26-16(18(20)23)9-17(21)22;7-6-4-2-1-3-5-6;1-3-2/h5-8,14-16H,3-4,9-11H2,1-2H3,(H,21,22);1-5H;3H2,1-2H3. The van der Waals surface area contributed by atoms with Crippen LogP contribution in [0.4, 0.5) is 0 Å². The van der Waals surface area contributed by atoms with Gasteiger partial charge < -0.3 is 14.7 Å². The number of halogens is 2. The van der Waals surface area contributed by atoms with Crippen molar-refractivity contribution in [1.82, 2.24) is 4.90 Å². The minimum atomic E-state index is -3.33. The van der Waals surface area contributed by atoms with E-state index in [9.17, 15) is 18.0 Å². The van der Waals surface area contributed by atoms with E-state index in [2.05, 4.69) is 13.8 Å². The summed E-state index contributed by atoms with van der Waals surface area (Å²) >= 11 is 11.5. The molecule has 37 heavy (non-hydrogen) atoms. The number of hydrogen-bond donors (Lipinski definition) is 1. The summed E-state index contributed by atoms with van der Waals surface area (Å²) in [6, 6.07) is 15.3. The van der Waals surface area contributed by atoms with Crippen LogP contribution in [0, 0.1) is 0 Å². The van der Waals surface area contributed by atoms with Crippen LogP contribution in [0.15, 0.2) is 54.6 Å². The second kappa shape index (κ2) is 16.7. The minimum absolute atomic E-state index is 0.0216. The molecule has 1 aliphatic heterocycles. The maximum Gasteiger partial charge on any atom is 0.306 e. The Morgan fingerprint density at radius 1 is 1.03 bits per heavy atom. The summed E-state index contributed by atoms with van der Waals surface area (Å²) in [7, 11) is -3.33. The molecule has 206 valence electrons. The second-order valence-electron chi connectivity index (χ2n) is 8.50. The summed E-state index contributed by atoms with van der Waals surface area (Å²) in [6.07, 6.45) is 0.0959. The van der Waals surface area contributed by atoms with Crippen molar-refractivity contribution in [3.8, 4) is 0 Å². The zero-order valence-corrected chi connectivity index (χ0v) is 24.1. The predicted octanol–water partition coefficient (Wildman–Crippen LogP) is 6.05. The lowest BCUT2D eigenvalue weighted by atomic mass is 9.99. The van der Waals surface area contributed by atoms with Crippen LogP contribution in [0.2, 0.25) is 10.0 Å². The first-order chi connectivity index (χ1) is 17.5. The van der Waals surface area contributed by atoms with Crippen molar-refractivity contribution in [1.29, 1.82) is 0 Å². The van der Waals surface area contributed by atoms with E-state index in [0.717, 1.165) is 10.6 Å². The highest BCUT2D eigenvalue weighted by molar-refractivity contribution is 7.91. The molecular weight excluding hydrogens is 537 g/mol. The van der Waals surface area contributed by atoms with E-state index in [1.54, 1.807) is 31.2 Å². The number of carboxylic acid groups (broad SMARTS) is 1. The molecule has 7 nitrogen and oxygen atoms in total. The van der Waals surface area contributed by atoms with Crippen molar-refractivity contribution >= 4 is 44.9 Å². The fourth-order valence-electron chi connectivity index (χ4n) is 3.58. The summed E-state index contributed by atoms with van der Waals surface area (Å²) in [5, 5.41) is 10.4. The molecule has 3 unspecified atom stereocenters. The summed E-state index contributed by atoms with van der Waals surface area (Å²) in [5.74, 6) is -1.84. The number of amides is 1. The van der Waals surface area contributed by atoms with E-state index in [4.69, 9.17) is 33.0 Å². The van der Waals surface area contributed by atoms with Crippen molar-refractivity contribution in [2.45, 2.75) is 65.1 Å². The second-order valence-corrected chi connectivity index (χ2v) is 11.8. The zero-order chi connectivity index (χ0) is 28.0. The average molecular weight is 575 g/mol. The normalized spacial score (nSPS) is 18.1. The molecule has 10 heteroatoms. The van der Waals surface area contributed by atoms with Gasteiger partial charge in [-0.3, -0.25) is 9.59 Å². The van der Waals surface area contributed by atoms with Crippen LogP contribution >= 0.6 is 23.2 Å². The molecule has 0 aliphatic carbocycles. The van der Waals surface area contributed by atoms with E-state index in [0.29, 0.717) is 11.4 Å². The Bertz CT molecular complexity index is 1060. The molecule has 3 atom stereocenters. The number of rotatable bonds is 8. The third-order valence-corrected chi connectivity index (χ3v) is 7.70. The zero-order valence-electron chi connectivity index (χ0n) is 21.8. The van der Waals surface area contributed by atoms with Crippen LogP contribution in [0.3, 0.4) is 0 Å². The first-order valence-corrected chi connectivity index (χ1v) is 14.9. The van der Waals surface area contributed by atoms with Crippen LogP contribution in [0.5, 0.6) is 0 Å². The Kier molecular flexibility index (Phi) is 14.8. The number of carbonyl (C=O) groups is 2. The molecule has 1 aliphatic rings. The Balaban J connectivity index is 0.000000572. The molecule has 1 fully saturated rings. The van der Waals surface area contributed by atoms with Gasteiger partial charge in [0.15, 0.2) is 9.84 Å². The molecule has 0 spiro atoms. The number of aliphatic carboxylic acids is 1. The Hall–Kier alpha value is -2.13. The quantitative estimate of drug-likeness (QED) is 0.412. The predicted molar refractivity (Wildman–Crippen MR) is 149 cm³/mol. The lowest BCUT2D eigenvalue weighted by Gasteiger charge is -2.43. The molecule has 1 amide bonds. The van der Waals surface area contributed by atoms with Gasteiger partial charge in [0.1, 0.15) is 6.10 Å². The molecule has 1 heterocycles. The monoisotopic (exact) mass is 573 g/mol. The van der Waals surface area contributed by atoms with E-state index < -0.39 is 46.3 Å². The van der Waals surface area contributed by atoms with Crippen LogP contribution < -0.4 is 0 Å². The van der Waals surface area contributed by atoms with E-state index in [-0.39, 0.29) is 18.1 Å². The third kappa shape index (κ3) is 11.4. The smallest absolute Gasteiger partial charge is 0.306 e. The molecule has 0 bridgehead atoms. The number of nitrogens with zero attached hydrogens (tertiary/aromatic N) is 1. The number of morpholine rings is 1. The maximum absolute atomic E-state index is 13.0. The lowest BCUT2D eigenvalue weighted by Crippen LogP contribution is -2.55. The SMILES string of the molecule is CCC.CCC(CS(=O)(=O)CC)N1C(=O)C(CC(=O)O)OCC1c1ccc(Cl)cc1.Clc1ccccc1. The number of benzene rings is 2. The number of sulfone groups is 1. The van der Waals surface area contributed by atoms with Gasteiger partial charge in [-0.1, -0.05) is 87.6 Å². The number of hydrogen-bond acceptors (Lipinski definition) is 5. The van der Waals surface area contributed by atoms with Gasteiger partial charge in [-0.25, -0.2) is 8.42 Å². The highest BCUT2D eigenvalue weighted by atomic mass is 35.5. The number of ether oxygens (including phenoxy) is 1. The van der Waals surface area contributed by atoms with Gasteiger partial charge >= 0.3 is 5.97 Å². The lowest BCUT2D eigenvalue weighted by molar-refractivity contribution is -0.168. The van der Waals surface area contributed by atoms with Gasteiger partial charge in [-0.05, 0) is 36.2 Å². The third-order valence-electron chi connectivity index (χ3n) is 5.42. The molecular formula is C27H37Cl2NO6S. The fraction of sp³-hybridized carbons (Fsp3) is 0.481. The van der Waals surface area contributed by atoms with Gasteiger partial charge in [0, 0.05) is 21.8 Å². The van der Waals surface area contributed by atoms with Gasteiger partial charge in [-0.15, -0.1) is 0 Å². The van der Waals surface area contributed by atoms with Crippen molar-refractivity contribution in [2.24, 2.45) is 0 Å². The highest BCUT2D eigenvalue weighted by Crippen LogP contribution is 2.32. The fourth-order valence-corrected chi connectivity index (χ4v) is 5.07. The van der Waals surface area contributed by atoms with Crippen LogP contribution in [-0.4, -0.2) is 60.6 Å². The summed E-state index contributed by atoms with van der Waals surface area (Å²) in [5.41, 5.74) is 0.758. The van der Waals surface area contributed by atoms with E-state index in [1.165, 1.54) is 11.3 Å². The molecule has 0 aromatic heterocycles. The number of carboxylic acids is 1. The molecule has 2 aromatic rings. The minimum Gasteiger partial charge on any atom is -0.481 e. The topological polar surface area (TPSA) is 101 Å². The van der Waals surface area contributed by atoms with Crippen LogP contribution in [0.25, 0.3) is 0 Å².